The Morgan fingerprint density at radius 2 is 0.864 bits per heavy atom. The number of hydrogen-bond acceptors (Lipinski definition) is 10. The second-order valence-corrected chi connectivity index (χ2v) is 15.3. The van der Waals surface area contributed by atoms with Crippen molar-refractivity contribution in [2.45, 2.75) is 9.79 Å². The van der Waals surface area contributed by atoms with Crippen LogP contribution in [0.15, 0.2) is 168 Å². The summed E-state index contributed by atoms with van der Waals surface area (Å²) in [6, 6.07) is 50.3. The fourth-order valence-corrected chi connectivity index (χ4v) is 7.52. The van der Waals surface area contributed by atoms with Gasteiger partial charge in [0.2, 0.25) is 0 Å². The van der Waals surface area contributed by atoms with Crippen LogP contribution in [0.5, 0.6) is 0 Å². The van der Waals surface area contributed by atoms with E-state index in [0.29, 0.717) is 0 Å². The Morgan fingerprint density at radius 1 is 0.441 bits per heavy atom. The number of hydrogen-bond donors (Lipinski definition) is 5. The molecule has 0 aliphatic carbocycles. The highest BCUT2D eigenvalue weighted by Crippen LogP contribution is 2.30. The van der Waals surface area contributed by atoms with E-state index in [1.807, 2.05) is 12.1 Å². The van der Waals surface area contributed by atoms with Crippen molar-refractivity contribution < 1.29 is 25.9 Å². The third-order valence-electron chi connectivity index (χ3n) is 8.38. The molecule has 59 heavy (non-hydrogen) atoms. The van der Waals surface area contributed by atoms with Gasteiger partial charge in [-0.15, -0.1) is 10.2 Å². The largest absolute Gasteiger partial charge is 0.393 e. The van der Waals surface area contributed by atoms with Crippen molar-refractivity contribution in [2.24, 2.45) is 0 Å². The first-order valence-corrected chi connectivity index (χ1v) is 20.6. The van der Waals surface area contributed by atoms with Crippen molar-refractivity contribution in [2.75, 3.05) is 17.2 Å². The molecule has 7 aromatic rings. The van der Waals surface area contributed by atoms with Crippen molar-refractivity contribution in [3.05, 3.63) is 191 Å². The second-order valence-electron chi connectivity index (χ2n) is 12.5. The van der Waals surface area contributed by atoms with Crippen molar-refractivity contribution >= 4 is 74.0 Å². The van der Waals surface area contributed by atoms with Gasteiger partial charge in [0, 0.05) is 0 Å². The van der Waals surface area contributed by atoms with Crippen LogP contribution in [-0.4, -0.2) is 41.4 Å². The van der Waals surface area contributed by atoms with Crippen LogP contribution in [-0.2, 0) is 20.2 Å². The quantitative estimate of drug-likeness (QED) is 0.0681. The Morgan fingerprint density at radius 3 is 1.32 bits per heavy atom. The van der Waals surface area contributed by atoms with E-state index in [1.165, 1.54) is 51.6 Å². The summed E-state index contributed by atoms with van der Waals surface area (Å²) < 4.78 is 63.9. The molecule has 14 heteroatoms. The number of aromatic nitrogens is 3. The molecule has 0 saturated carbocycles. The molecule has 7 rings (SSSR count). The van der Waals surface area contributed by atoms with Gasteiger partial charge in [0.15, 0.2) is 11.6 Å². The minimum atomic E-state index is -4.84. The van der Waals surface area contributed by atoms with Crippen molar-refractivity contribution in [3.63, 3.8) is 0 Å². The van der Waals surface area contributed by atoms with Crippen LogP contribution in [0, 0.1) is 0 Å². The maximum atomic E-state index is 11.5. The van der Waals surface area contributed by atoms with Gasteiger partial charge in [-0.25, -0.2) is 0 Å². The third-order valence-corrected chi connectivity index (χ3v) is 10.4. The maximum Gasteiger partial charge on any atom is 0.296 e. The lowest BCUT2D eigenvalue weighted by atomic mass is 9.94. The first kappa shape index (κ1) is 42.9. The monoisotopic (exact) mass is 824 g/mol. The third kappa shape index (κ3) is 12.6. The van der Waals surface area contributed by atoms with Gasteiger partial charge in [0.05, 0.1) is 0 Å². The van der Waals surface area contributed by atoms with E-state index in [-0.39, 0.29) is 22.9 Å². The molecule has 0 aliphatic heterocycles. The van der Waals surface area contributed by atoms with Gasteiger partial charge in [-0.2, -0.15) is 16.8 Å². The minimum Gasteiger partial charge on any atom is -0.393 e. The highest BCUT2D eigenvalue weighted by atomic mass is 32.2. The average molecular weight is 825 g/mol. The predicted molar refractivity (Wildman–Crippen MR) is 237 cm³/mol. The predicted octanol–water partition coefficient (Wildman–Crippen LogP) is 8.66. The number of benzene rings is 6. The van der Waals surface area contributed by atoms with E-state index in [9.17, 15) is 21.4 Å². The van der Waals surface area contributed by atoms with Crippen LogP contribution in [0.3, 0.4) is 0 Å². The zero-order valence-corrected chi connectivity index (χ0v) is 33.0. The molecule has 1 aromatic heterocycles. The summed E-state index contributed by atoms with van der Waals surface area (Å²) in [4.78, 5) is -1.73. The molecular formula is C45H40N6O6S2. The Balaban J connectivity index is 0.000000189. The average Bonchev–Trinajstić information content (AvgIpc) is 3.24. The van der Waals surface area contributed by atoms with Gasteiger partial charge in [0.25, 0.3) is 20.2 Å². The van der Waals surface area contributed by atoms with Crippen molar-refractivity contribution in [1.29, 1.82) is 0 Å². The molecule has 0 bridgehead atoms. The van der Waals surface area contributed by atoms with Crippen molar-refractivity contribution in [3.8, 4) is 11.1 Å². The Labute approximate surface area is 343 Å². The maximum absolute atomic E-state index is 11.5. The molecule has 0 atom stereocenters. The number of nitrogens with zero attached hydrogens (tertiary/aromatic N) is 3. The molecule has 12 nitrogen and oxygen atoms in total. The van der Waals surface area contributed by atoms with E-state index >= 15 is 0 Å². The van der Waals surface area contributed by atoms with Crippen LogP contribution in [0.1, 0.15) is 33.4 Å². The standard InChI is InChI=1S/C28H22.C14H12O6S2.C3H6N6/c1-4-11-23(12-5-1)19-21-26-17-10-18-27(25-15-8-3-9-16-25)28(26)22-20-24-13-6-2-7-14-24;15-21(16,17)13-8-4-7-12(14(13)22(18,19)20)10-9-11-5-2-1-3-6-11;4-1-2(5)7-9-8-3(1)6/h1-22H;1-10H,(H,15,16,17)(H,18,19,20);(H2,4,9)(H4,5,6,7,8). The summed E-state index contributed by atoms with van der Waals surface area (Å²) in [5.41, 5.74) is 23.8. The molecule has 0 aliphatic rings. The summed E-state index contributed by atoms with van der Waals surface area (Å²) in [5, 5.41) is 9.92. The molecule has 0 spiro atoms. The summed E-state index contributed by atoms with van der Waals surface area (Å²) in [6.07, 6.45) is 11.7. The molecule has 298 valence electrons. The lowest BCUT2D eigenvalue weighted by Gasteiger charge is -2.10. The SMILES string of the molecule is C(=Cc1cccc(-c2ccccc2)c1C=Cc1ccccc1)c1ccccc1.Nc1nnnc(N)c1N.O=S(=O)(O)c1cccc(C=Cc2ccccc2)c1S(=O)(=O)O. The first-order valence-electron chi connectivity index (χ1n) is 17.8. The molecular weight excluding hydrogens is 785 g/mol. The van der Waals surface area contributed by atoms with Gasteiger partial charge in [-0.05, 0) is 55.8 Å². The second kappa shape index (κ2) is 20.3. The molecule has 0 amide bonds. The zero-order chi connectivity index (χ0) is 42.3. The molecule has 0 radical (unpaired) electrons. The molecule has 8 N–H and O–H groups in total. The van der Waals surface area contributed by atoms with Gasteiger partial charge >= 0.3 is 0 Å². The minimum absolute atomic E-state index is 0.0542. The van der Waals surface area contributed by atoms with Crippen LogP contribution in [0.2, 0.25) is 0 Å². The summed E-state index contributed by atoms with van der Waals surface area (Å²) in [6.45, 7) is 0. The lowest BCUT2D eigenvalue weighted by molar-refractivity contribution is 0.466. The number of nitrogens with two attached hydrogens (primary N) is 3. The summed E-state index contributed by atoms with van der Waals surface area (Å²) >= 11 is 0. The molecule has 0 fully saturated rings. The molecule has 0 unspecified atom stereocenters. The first-order chi connectivity index (χ1) is 28.3. The topological polar surface area (TPSA) is 225 Å². The normalized spacial score (nSPS) is 11.5. The van der Waals surface area contributed by atoms with Crippen LogP contribution >= 0.6 is 0 Å². The number of rotatable bonds is 9. The Kier molecular flexibility index (Phi) is 14.7. The smallest absolute Gasteiger partial charge is 0.296 e. The Bertz CT molecular complexity index is 2770. The van der Waals surface area contributed by atoms with E-state index in [0.717, 1.165) is 11.6 Å². The van der Waals surface area contributed by atoms with E-state index in [2.05, 4.69) is 137 Å². The molecule has 1 heterocycles. The number of nitrogen functional groups attached to an aromatic ring is 3. The fourth-order valence-electron chi connectivity index (χ4n) is 5.53. The van der Waals surface area contributed by atoms with Gasteiger partial charge < -0.3 is 17.2 Å². The van der Waals surface area contributed by atoms with Gasteiger partial charge in [-0.3, -0.25) is 9.11 Å². The van der Waals surface area contributed by atoms with E-state index in [4.69, 9.17) is 21.8 Å². The number of anilines is 3. The Hall–Kier alpha value is -7.23. The fraction of sp³-hybridized carbons (Fsp3) is 0. The van der Waals surface area contributed by atoms with Crippen molar-refractivity contribution in [1.82, 2.24) is 15.4 Å². The molecule has 0 saturated heterocycles. The zero-order valence-electron chi connectivity index (χ0n) is 31.4. The van der Waals surface area contributed by atoms with E-state index in [1.54, 1.807) is 36.4 Å². The van der Waals surface area contributed by atoms with Gasteiger partial charge in [0.1, 0.15) is 15.5 Å². The van der Waals surface area contributed by atoms with Crippen LogP contribution in [0.4, 0.5) is 17.3 Å². The highest BCUT2D eigenvalue weighted by Gasteiger charge is 2.26. The lowest BCUT2D eigenvalue weighted by Crippen LogP contribution is -2.10. The van der Waals surface area contributed by atoms with E-state index < -0.39 is 30.0 Å². The van der Waals surface area contributed by atoms with Gasteiger partial charge in [-0.1, -0.05) is 188 Å². The van der Waals surface area contributed by atoms with Crippen LogP contribution in [0.25, 0.3) is 47.6 Å². The van der Waals surface area contributed by atoms with Crippen LogP contribution < -0.4 is 17.2 Å². The summed E-state index contributed by atoms with van der Waals surface area (Å²) in [5.74, 6) is 0.227. The molecule has 6 aromatic carbocycles. The summed E-state index contributed by atoms with van der Waals surface area (Å²) in [7, 11) is -9.64. The highest BCUT2D eigenvalue weighted by molar-refractivity contribution is 7.89.